The number of nitrogens with one attached hydrogen (secondary N) is 1. The molecule has 4 nitrogen and oxygen atoms in total. The second-order valence-corrected chi connectivity index (χ2v) is 4.88. The van der Waals surface area contributed by atoms with Crippen molar-refractivity contribution in [1.82, 2.24) is 10.2 Å². The van der Waals surface area contributed by atoms with E-state index < -0.39 is 0 Å². The highest BCUT2D eigenvalue weighted by Crippen LogP contribution is 2.28. The second kappa shape index (κ2) is 6.68. The van der Waals surface area contributed by atoms with Gasteiger partial charge in [0.15, 0.2) is 0 Å². The molecular weight excluding hydrogens is 240 g/mol. The van der Waals surface area contributed by atoms with E-state index in [4.69, 9.17) is 4.74 Å². The quantitative estimate of drug-likeness (QED) is 0.815. The number of benzene rings is 1. The summed E-state index contributed by atoms with van der Waals surface area (Å²) in [6.07, 6.45) is 0.949. The third kappa shape index (κ3) is 3.33. The lowest BCUT2D eigenvalue weighted by molar-refractivity contribution is -0.132. The molecule has 0 saturated heterocycles. The molecule has 1 heterocycles. The van der Waals surface area contributed by atoms with Gasteiger partial charge in [-0.1, -0.05) is 24.3 Å². The first-order valence-electron chi connectivity index (χ1n) is 6.81. The van der Waals surface area contributed by atoms with Crippen molar-refractivity contribution in [3.8, 4) is 0 Å². The first-order chi connectivity index (χ1) is 9.24. The van der Waals surface area contributed by atoms with Gasteiger partial charge in [-0.25, -0.2) is 0 Å². The Morgan fingerprint density at radius 3 is 3.05 bits per heavy atom. The fourth-order valence-corrected chi connectivity index (χ4v) is 2.58. The summed E-state index contributed by atoms with van der Waals surface area (Å²) in [6, 6.07) is 8.55. The van der Waals surface area contributed by atoms with E-state index in [9.17, 15) is 4.79 Å². The SMILES string of the molecule is COCCNCC(=O)N1CCc2ccccc2[C@H]1C. The number of fused-ring (bicyclic) bond motifs is 1. The van der Waals surface area contributed by atoms with Crippen LogP contribution in [0, 0.1) is 0 Å². The van der Waals surface area contributed by atoms with E-state index in [-0.39, 0.29) is 11.9 Å². The standard InChI is InChI=1S/C15H22N2O2/c1-12-14-6-4-3-5-13(14)7-9-17(12)15(18)11-16-8-10-19-2/h3-6,12,16H,7-11H2,1-2H3/t12-/m1/s1. The molecule has 1 amide bonds. The fourth-order valence-electron chi connectivity index (χ4n) is 2.58. The molecule has 1 aromatic rings. The van der Waals surface area contributed by atoms with Crippen molar-refractivity contribution in [3.63, 3.8) is 0 Å². The molecule has 19 heavy (non-hydrogen) atoms. The molecule has 1 N–H and O–H groups in total. The maximum atomic E-state index is 12.2. The van der Waals surface area contributed by atoms with Gasteiger partial charge in [-0.2, -0.15) is 0 Å². The van der Waals surface area contributed by atoms with Crippen molar-refractivity contribution in [1.29, 1.82) is 0 Å². The zero-order valence-corrected chi connectivity index (χ0v) is 11.7. The van der Waals surface area contributed by atoms with E-state index in [0.29, 0.717) is 19.7 Å². The van der Waals surface area contributed by atoms with Crippen molar-refractivity contribution < 1.29 is 9.53 Å². The molecule has 0 fully saturated rings. The van der Waals surface area contributed by atoms with E-state index in [1.165, 1.54) is 11.1 Å². The summed E-state index contributed by atoms with van der Waals surface area (Å²) in [5.74, 6) is 0.165. The van der Waals surface area contributed by atoms with Gasteiger partial charge in [0.1, 0.15) is 0 Å². The van der Waals surface area contributed by atoms with Crippen LogP contribution in [0.1, 0.15) is 24.1 Å². The number of amides is 1. The Labute approximate surface area is 114 Å². The van der Waals surface area contributed by atoms with Crippen LogP contribution in [-0.2, 0) is 16.0 Å². The lowest BCUT2D eigenvalue weighted by Crippen LogP contribution is -2.43. The maximum Gasteiger partial charge on any atom is 0.237 e. The van der Waals surface area contributed by atoms with Crippen molar-refractivity contribution in [2.24, 2.45) is 0 Å². The van der Waals surface area contributed by atoms with Gasteiger partial charge in [-0.3, -0.25) is 4.79 Å². The number of carbonyl (C=O) groups excluding carboxylic acids is 1. The largest absolute Gasteiger partial charge is 0.383 e. The van der Waals surface area contributed by atoms with Crippen LogP contribution >= 0.6 is 0 Å². The number of methoxy groups -OCH3 is 1. The van der Waals surface area contributed by atoms with E-state index in [0.717, 1.165) is 13.0 Å². The summed E-state index contributed by atoms with van der Waals surface area (Å²) >= 11 is 0. The fraction of sp³-hybridized carbons (Fsp3) is 0.533. The Balaban J connectivity index is 1.94. The highest BCUT2D eigenvalue weighted by molar-refractivity contribution is 5.79. The minimum absolute atomic E-state index is 0.165. The van der Waals surface area contributed by atoms with Crippen molar-refractivity contribution >= 4 is 5.91 Å². The number of carbonyl (C=O) groups is 1. The summed E-state index contributed by atoms with van der Waals surface area (Å²) in [7, 11) is 1.66. The predicted octanol–water partition coefficient (Wildman–Crippen LogP) is 1.37. The lowest BCUT2D eigenvalue weighted by atomic mass is 9.93. The van der Waals surface area contributed by atoms with Crippen molar-refractivity contribution in [2.45, 2.75) is 19.4 Å². The molecule has 1 atom stereocenters. The van der Waals surface area contributed by atoms with Gasteiger partial charge in [0.25, 0.3) is 0 Å². The van der Waals surface area contributed by atoms with Gasteiger partial charge in [-0.05, 0) is 24.5 Å². The zero-order chi connectivity index (χ0) is 13.7. The Bertz CT molecular complexity index is 434. The van der Waals surface area contributed by atoms with Gasteiger partial charge in [0, 0.05) is 20.2 Å². The van der Waals surface area contributed by atoms with Crippen molar-refractivity contribution in [3.05, 3.63) is 35.4 Å². The minimum atomic E-state index is 0.165. The highest BCUT2D eigenvalue weighted by Gasteiger charge is 2.26. The van der Waals surface area contributed by atoms with Crippen LogP contribution in [0.4, 0.5) is 0 Å². The molecule has 4 heteroatoms. The number of hydrogen-bond donors (Lipinski definition) is 1. The summed E-state index contributed by atoms with van der Waals surface area (Å²) in [5, 5.41) is 3.11. The molecule has 0 aromatic heterocycles. The topological polar surface area (TPSA) is 41.6 Å². The van der Waals surface area contributed by atoms with Crippen molar-refractivity contribution in [2.75, 3.05) is 33.4 Å². The minimum Gasteiger partial charge on any atom is -0.383 e. The zero-order valence-electron chi connectivity index (χ0n) is 11.7. The second-order valence-electron chi connectivity index (χ2n) is 4.88. The number of ether oxygens (including phenoxy) is 1. The molecule has 0 aliphatic carbocycles. The molecular formula is C15H22N2O2. The molecule has 0 saturated carbocycles. The average molecular weight is 262 g/mol. The molecule has 104 valence electrons. The molecule has 2 rings (SSSR count). The number of nitrogens with zero attached hydrogens (tertiary/aromatic N) is 1. The summed E-state index contributed by atoms with van der Waals surface area (Å²) in [6.45, 7) is 4.64. The average Bonchev–Trinajstić information content (AvgIpc) is 2.44. The Morgan fingerprint density at radius 2 is 2.26 bits per heavy atom. The summed E-state index contributed by atoms with van der Waals surface area (Å²) in [4.78, 5) is 14.2. The van der Waals surface area contributed by atoms with Gasteiger partial charge in [0.05, 0.1) is 19.2 Å². The maximum absolute atomic E-state index is 12.2. The van der Waals surface area contributed by atoms with E-state index in [2.05, 4.69) is 30.4 Å². The van der Waals surface area contributed by atoms with Crippen LogP contribution < -0.4 is 5.32 Å². The molecule has 0 radical (unpaired) electrons. The molecule has 0 bridgehead atoms. The van der Waals surface area contributed by atoms with Gasteiger partial charge in [-0.15, -0.1) is 0 Å². The molecule has 0 unspecified atom stereocenters. The number of rotatable bonds is 5. The van der Waals surface area contributed by atoms with Crippen LogP contribution in [-0.4, -0.2) is 44.2 Å². The Hall–Kier alpha value is -1.39. The monoisotopic (exact) mass is 262 g/mol. The van der Waals surface area contributed by atoms with Crippen LogP contribution in [0.25, 0.3) is 0 Å². The number of hydrogen-bond acceptors (Lipinski definition) is 3. The molecule has 1 aromatic carbocycles. The molecule has 1 aliphatic heterocycles. The Morgan fingerprint density at radius 1 is 1.47 bits per heavy atom. The predicted molar refractivity (Wildman–Crippen MR) is 75.0 cm³/mol. The van der Waals surface area contributed by atoms with Crippen LogP contribution in [0.15, 0.2) is 24.3 Å². The lowest BCUT2D eigenvalue weighted by Gasteiger charge is -2.35. The molecule has 0 spiro atoms. The normalized spacial score (nSPS) is 18.2. The first-order valence-corrected chi connectivity index (χ1v) is 6.81. The third-order valence-corrected chi connectivity index (χ3v) is 3.67. The summed E-state index contributed by atoms with van der Waals surface area (Å²) < 4.78 is 4.95. The summed E-state index contributed by atoms with van der Waals surface area (Å²) in [5.41, 5.74) is 2.64. The Kier molecular flexibility index (Phi) is 4.93. The van der Waals surface area contributed by atoms with Gasteiger partial charge in [0.2, 0.25) is 5.91 Å². The molecule has 1 aliphatic rings. The van der Waals surface area contributed by atoms with Crippen LogP contribution in [0.2, 0.25) is 0 Å². The smallest absolute Gasteiger partial charge is 0.237 e. The van der Waals surface area contributed by atoms with Crippen LogP contribution in [0.5, 0.6) is 0 Å². The van der Waals surface area contributed by atoms with Gasteiger partial charge < -0.3 is 15.0 Å². The van der Waals surface area contributed by atoms with E-state index >= 15 is 0 Å². The van der Waals surface area contributed by atoms with Crippen LogP contribution in [0.3, 0.4) is 0 Å². The van der Waals surface area contributed by atoms with E-state index in [1.54, 1.807) is 7.11 Å². The van der Waals surface area contributed by atoms with Gasteiger partial charge >= 0.3 is 0 Å². The third-order valence-electron chi connectivity index (χ3n) is 3.67. The van der Waals surface area contributed by atoms with E-state index in [1.807, 2.05) is 11.0 Å². The highest BCUT2D eigenvalue weighted by atomic mass is 16.5. The first kappa shape index (κ1) is 14.0.